The number of ether oxygens (including phenoxy) is 1. The van der Waals surface area contributed by atoms with Crippen molar-refractivity contribution in [1.29, 1.82) is 0 Å². The van der Waals surface area contributed by atoms with Gasteiger partial charge in [-0.05, 0) is 25.5 Å². The van der Waals surface area contributed by atoms with Crippen molar-refractivity contribution in [2.75, 3.05) is 25.0 Å². The van der Waals surface area contributed by atoms with Crippen molar-refractivity contribution in [3.05, 3.63) is 30.3 Å². The number of para-hydroxylation sites is 1. The lowest BCUT2D eigenvalue weighted by atomic mass is 10.1. The molecule has 108 valence electrons. The summed E-state index contributed by atoms with van der Waals surface area (Å²) in [5, 5.41) is 5.91. The van der Waals surface area contributed by atoms with Gasteiger partial charge in [0.25, 0.3) is 0 Å². The number of rotatable bonds is 2. The SMILES string of the molecule is C[C@@H]1CN2C[C@H](NC(=O)Nc3ccccc3)C[C@H]2CO1. The zero-order valence-corrected chi connectivity index (χ0v) is 11.7. The third kappa shape index (κ3) is 3.11. The van der Waals surface area contributed by atoms with E-state index >= 15 is 0 Å². The standard InChI is InChI=1S/C15H21N3O2/c1-11-8-18-9-13(7-14(18)10-20-11)17-15(19)16-12-5-3-2-4-6-12/h2-6,11,13-14H,7-10H2,1H3,(H2,16,17,19)/t11-,13-,14+/m1/s1. The van der Waals surface area contributed by atoms with Gasteiger partial charge < -0.3 is 15.4 Å². The molecule has 2 heterocycles. The fourth-order valence-corrected chi connectivity index (χ4v) is 3.02. The van der Waals surface area contributed by atoms with Crippen LogP contribution in [0.5, 0.6) is 0 Å². The van der Waals surface area contributed by atoms with Crippen molar-refractivity contribution in [2.45, 2.75) is 31.5 Å². The van der Waals surface area contributed by atoms with E-state index in [1.54, 1.807) is 0 Å². The van der Waals surface area contributed by atoms with Crippen molar-refractivity contribution in [2.24, 2.45) is 0 Å². The second kappa shape index (κ2) is 5.81. The van der Waals surface area contributed by atoms with E-state index in [4.69, 9.17) is 4.74 Å². The van der Waals surface area contributed by atoms with E-state index in [2.05, 4.69) is 22.5 Å². The van der Waals surface area contributed by atoms with Crippen LogP contribution in [-0.4, -0.2) is 48.8 Å². The van der Waals surface area contributed by atoms with Crippen LogP contribution in [0.1, 0.15) is 13.3 Å². The van der Waals surface area contributed by atoms with Gasteiger partial charge in [0, 0.05) is 30.9 Å². The Balaban J connectivity index is 1.50. The van der Waals surface area contributed by atoms with Crippen LogP contribution < -0.4 is 10.6 Å². The number of carbonyl (C=O) groups excluding carboxylic acids is 1. The predicted octanol–water partition coefficient (Wildman–Crippen LogP) is 1.67. The number of nitrogens with zero attached hydrogens (tertiary/aromatic N) is 1. The molecule has 0 aliphatic carbocycles. The molecule has 2 aliphatic rings. The highest BCUT2D eigenvalue weighted by Gasteiger charge is 2.36. The fraction of sp³-hybridized carbons (Fsp3) is 0.533. The molecule has 2 fully saturated rings. The lowest BCUT2D eigenvalue weighted by molar-refractivity contribution is -0.0390. The molecule has 0 radical (unpaired) electrons. The minimum absolute atomic E-state index is 0.130. The molecule has 3 atom stereocenters. The molecule has 0 saturated carbocycles. The Kier molecular flexibility index (Phi) is 3.89. The minimum Gasteiger partial charge on any atom is -0.376 e. The Morgan fingerprint density at radius 3 is 2.90 bits per heavy atom. The number of anilines is 1. The van der Waals surface area contributed by atoms with E-state index in [1.165, 1.54) is 0 Å². The Hall–Kier alpha value is -1.59. The molecule has 0 spiro atoms. The first-order valence-corrected chi connectivity index (χ1v) is 7.19. The lowest BCUT2D eigenvalue weighted by Crippen LogP contribution is -2.45. The number of benzene rings is 1. The molecule has 2 aliphatic heterocycles. The summed E-state index contributed by atoms with van der Waals surface area (Å²) in [6.45, 7) is 4.75. The molecule has 2 amide bonds. The van der Waals surface area contributed by atoms with E-state index < -0.39 is 0 Å². The van der Waals surface area contributed by atoms with E-state index in [1.807, 2.05) is 30.3 Å². The van der Waals surface area contributed by atoms with Crippen LogP contribution in [0.4, 0.5) is 10.5 Å². The molecule has 2 saturated heterocycles. The highest BCUT2D eigenvalue weighted by atomic mass is 16.5. The number of nitrogens with one attached hydrogen (secondary N) is 2. The Bertz CT molecular complexity index is 465. The van der Waals surface area contributed by atoms with Gasteiger partial charge in [0.1, 0.15) is 0 Å². The molecule has 5 heteroatoms. The maximum Gasteiger partial charge on any atom is 0.319 e. The van der Waals surface area contributed by atoms with Crippen LogP contribution in [0.25, 0.3) is 0 Å². The third-order valence-corrected chi connectivity index (χ3v) is 3.96. The zero-order chi connectivity index (χ0) is 13.9. The number of hydrogen-bond donors (Lipinski definition) is 2. The summed E-state index contributed by atoms with van der Waals surface area (Å²) in [6, 6.07) is 10.0. The number of morpholine rings is 1. The molecular weight excluding hydrogens is 254 g/mol. The smallest absolute Gasteiger partial charge is 0.319 e. The van der Waals surface area contributed by atoms with E-state index in [-0.39, 0.29) is 12.1 Å². The van der Waals surface area contributed by atoms with Gasteiger partial charge in [-0.3, -0.25) is 4.90 Å². The topological polar surface area (TPSA) is 53.6 Å². The van der Waals surface area contributed by atoms with Crippen LogP contribution in [0.15, 0.2) is 30.3 Å². The quantitative estimate of drug-likeness (QED) is 0.863. The first-order chi connectivity index (χ1) is 9.70. The third-order valence-electron chi connectivity index (χ3n) is 3.96. The van der Waals surface area contributed by atoms with Gasteiger partial charge >= 0.3 is 6.03 Å². The molecular formula is C15H21N3O2. The van der Waals surface area contributed by atoms with Gasteiger partial charge in [0.15, 0.2) is 0 Å². The van der Waals surface area contributed by atoms with Crippen molar-refractivity contribution in [1.82, 2.24) is 10.2 Å². The Morgan fingerprint density at radius 2 is 2.10 bits per heavy atom. The number of hydrogen-bond acceptors (Lipinski definition) is 3. The molecule has 1 aromatic carbocycles. The molecule has 5 nitrogen and oxygen atoms in total. The second-order valence-electron chi connectivity index (χ2n) is 5.65. The van der Waals surface area contributed by atoms with Crippen molar-refractivity contribution in [3.63, 3.8) is 0 Å². The van der Waals surface area contributed by atoms with Crippen molar-refractivity contribution >= 4 is 11.7 Å². The van der Waals surface area contributed by atoms with E-state index in [9.17, 15) is 4.79 Å². The molecule has 3 rings (SSSR count). The van der Waals surface area contributed by atoms with Crippen LogP contribution in [-0.2, 0) is 4.74 Å². The summed E-state index contributed by atoms with van der Waals surface area (Å²) < 4.78 is 5.67. The highest BCUT2D eigenvalue weighted by Crippen LogP contribution is 2.23. The number of urea groups is 1. The lowest BCUT2D eigenvalue weighted by Gasteiger charge is -2.33. The highest BCUT2D eigenvalue weighted by molar-refractivity contribution is 5.89. The van der Waals surface area contributed by atoms with Crippen molar-refractivity contribution in [3.8, 4) is 0 Å². The van der Waals surface area contributed by atoms with Gasteiger partial charge in [-0.15, -0.1) is 0 Å². The zero-order valence-electron chi connectivity index (χ0n) is 11.7. The van der Waals surface area contributed by atoms with Gasteiger partial charge in [0.2, 0.25) is 0 Å². The molecule has 20 heavy (non-hydrogen) atoms. The maximum absolute atomic E-state index is 12.0. The second-order valence-corrected chi connectivity index (χ2v) is 5.65. The number of carbonyl (C=O) groups is 1. The fourth-order valence-electron chi connectivity index (χ4n) is 3.02. The number of amides is 2. The van der Waals surface area contributed by atoms with E-state index in [0.717, 1.165) is 31.8 Å². The predicted molar refractivity (Wildman–Crippen MR) is 77.8 cm³/mol. The molecule has 0 bridgehead atoms. The average molecular weight is 275 g/mol. The summed E-state index contributed by atoms with van der Waals surface area (Å²) in [6.07, 6.45) is 1.26. The first kappa shape index (κ1) is 13.4. The van der Waals surface area contributed by atoms with Crippen LogP contribution in [0.3, 0.4) is 0 Å². The largest absolute Gasteiger partial charge is 0.376 e. The summed E-state index contributed by atoms with van der Waals surface area (Å²) in [7, 11) is 0. The molecule has 2 N–H and O–H groups in total. The normalized spacial score (nSPS) is 29.8. The average Bonchev–Trinajstić information content (AvgIpc) is 2.80. The maximum atomic E-state index is 12.0. The summed E-state index contributed by atoms with van der Waals surface area (Å²) in [4.78, 5) is 14.4. The summed E-state index contributed by atoms with van der Waals surface area (Å²) in [5.74, 6) is 0. The van der Waals surface area contributed by atoms with Crippen LogP contribution in [0.2, 0.25) is 0 Å². The minimum atomic E-state index is -0.130. The number of fused-ring (bicyclic) bond motifs is 1. The van der Waals surface area contributed by atoms with Gasteiger partial charge in [-0.1, -0.05) is 18.2 Å². The van der Waals surface area contributed by atoms with Crippen LogP contribution in [0, 0.1) is 0 Å². The monoisotopic (exact) mass is 275 g/mol. The molecule has 0 unspecified atom stereocenters. The van der Waals surface area contributed by atoms with Gasteiger partial charge in [-0.2, -0.15) is 0 Å². The van der Waals surface area contributed by atoms with Crippen molar-refractivity contribution < 1.29 is 9.53 Å². The van der Waals surface area contributed by atoms with Gasteiger partial charge in [0.05, 0.1) is 12.7 Å². The molecule has 1 aromatic rings. The van der Waals surface area contributed by atoms with Gasteiger partial charge in [-0.25, -0.2) is 4.79 Å². The van der Waals surface area contributed by atoms with Crippen LogP contribution >= 0.6 is 0 Å². The molecule has 0 aromatic heterocycles. The van der Waals surface area contributed by atoms with E-state index in [0.29, 0.717) is 12.1 Å². The first-order valence-electron chi connectivity index (χ1n) is 7.19. The summed E-state index contributed by atoms with van der Waals surface area (Å²) in [5.41, 5.74) is 0.817. The Labute approximate surface area is 119 Å². The summed E-state index contributed by atoms with van der Waals surface area (Å²) >= 11 is 0. The Morgan fingerprint density at radius 1 is 1.30 bits per heavy atom.